The summed E-state index contributed by atoms with van der Waals surface area (Å²) in [6.07, 6.45) is 7.26. The lowest BCUT2D eigenvalue weighted by molar-refractivity contribution is 0.629. The van der Waals surface area contributed by atoms with Gasteiger partial charge in [-0.05, 0) is 24.3 Å². The van der Waals surface area contributed by atoms with Gasteiger partial charge in [0, 0.05) is 28.4 Å². The number of halogens is 1. The summed E-state index contributed by atoms with van der Waals surface area (Å²) in [4.78, 5) is 8.55. The highest BCUT2D eigenvalue weighted by Crippen LogP contribution is 2.29. The highest BCUT2D eigenvalue weighted by molar-refractivity contribution is 9.10. The van der Waals surface area contributed by atoms with E-state index in [0.717, 1.165) is 32.5 Å². The molecule has 0 aliphatic carbocycles. The van der Waals surface area contributed by atoms with Crippen LogP contribution in [0.3, 0.4) is 0 Å². The fourth-order valence-electron chi connectivity index (χ4n) is 2.10. The number of fused-ring (bicyclic) bond motifs is 2. The first-order valence-corrected chi connectivity index (χ1v) is 6.57. The lowest BCUT2D eigenvalue weighted by Crippen LogP contribution is -1.81. The number of benzene rings is 1. The molecule has 4 aromatic rings. The summed E-state index contributed by atoms with van der Waals surface area (Å²) >= 11 is 3.46. The largest absolute Gasteiger partial charge is 0.454 e. The molecule has 0 bridgehead atoms. The Bertz CT molecular complexity index is 861. The third-order valence-corrected chi connectivity index (χ3v) is 3.49. The van der Waals surface area contributed by atoms with Crippen molar-refractivity contribution in [2.24, 2.45) is 0 Å². The van der Waals surface area contributed by atoms with Crippen LogP contribution >= 0.6 is 15.9 Å². The van der Waals surface area contributed by atoms with Crippen LogP contribution in [0.5, 0.6) is 0 Å². The predicted molar refractivity (Wildman–Crippen MR) is 75.9 cm³/mol. The summed E-state index contributed by atoms with van der Waals surface area (Å²) in [5.41, 5.74) is 2.47. The fourth-order valence-corrected chi connectivity index (χ4v) is 2.48. The first kappa shape index (κ1) is 10.8. The van der Waals surface area contributed by atoms with Gasteiger partial charge in [0.05, 0.1) is 6.20 Å². The molecule has 4 rings (SSSR count). The molecular weight excluding hydrogens is 306 g/mol. The van der Waals surface area contributed by atoms with Crippen molar-refractivity contribution in [1.82, 2.24) is 14.4 Å². The van der Waals surface area contributed by atoms with E-state index in [9.17, 15) is 0 Å². The molecule has 0 N–H and O–H groups in total. The van der Waals surface area contributed by atoms with Crippen LogP contribution in [0.25, 0.3) is 28.1 Å². The average Bonchev–Trinajstić information content (AvgIpc) is 3.00. The molecule has 5 heteroatoms. The van der Waals surface area contributed by atoms with Gasteiger partial charge in [-0.25, -0.2) is 4.98 Å². The van der Waals surface area contributed by atoms with E-state index in [0.29, 0.717) is 0 Å². The van der Waals surface area contributed by atoms with E-state index < -0.39 is 0 Å². The van der Waals surface area contributed by atoms with Crippen LogP contribution in [0.1, 0.15) is 0 Å². The van der Waals surface area contributed by atoms with Crippen molar-refractivity contribution in [2.45, 2.75) is 0 Å². The quantitative estimate of drug-likeness (QED) is 0.535. The molecule has 1 aromatic carbocycles. The Balaban J connectivity index is 1.93. The summed E-state index contributed by atoms with van der Waals surface area (Å²) in [6, 6.07) is 7.93. The average molecular weight is 314 g/mol. The van der Waals surface area contributed by atoms with Gasteiger partial charge in [0.25, 0.3) is 0 Å². The summed E-state index contributed by atoms with van der Waals surface area (Å²) in [5.74, 6) is 0.761. The molecule has 0 radical (unpaired) electrons. The maximum atomic E-state index is 5.82. The lowest BCUT2D eigenvalue weighted by atomic mass is 10.2. The van der Waals surface area contributed by atoms with Crippen LogP contribution in [0.15, 0.2) is 57.9 Å². The monoisotopic (exact) mass is 313 g/mol. The van der Waals surface area contributed by atoms with Gasteiger partial charge in [-0.15, -0.1) is 0 Å². The van der Waals surface area contributed by atoms with E-state index in [4.69, 9.17) is 4.42 Å². The molecule has 0 aliphatic heterocycles. The fraction of sp³-hybridized carbons (Fsp3) is 0. The molecule has 92 valence electrons. The molecule has 0 saturated carbocycles. The van der Waals surface area contributed by atoms with Gasteiger partial charge >= 0.3 is 0 Å². The number of hydrogen-bond acceptors (Lipinski definition) is 3. The third-order valence-electron chi connectivity index (χ3n) is 3.00. The maximum absolute atomic E-state index is 5.82. The molecule has 4 nitrogen and oxygen atoms in total. The van der Waals surface area contributed by atoms with Crippen LogP contribution in [0, 0.1) is 0 Å². The first-order chi connectivity index (χ1) is 9.29. The second-order valence-electron chi connectivity index (χ2n) is 4.26. The van der Waals surface area contributed by atoms with Crippen molar-refractivity contribution in [3.8, 4) is 11.5 Å². The molecule has 0 saturated heterocycles. The molecule has 3 aromatic heterocycles. The molecular formula is C14H8BrN3O. The first-order valence-electron chi connectivity index (χ1n) is 5.78. The Labute approximate surface area is 116 Å². The van der Waals surface area contributed by atoms with Gasteiger partial charge in [0.1, 0.15) is 11.3 Å². The summed E-state index contributed by atoms with van der Waals surface area (Å²) in [5, 5.41) is 1.06. The van der Waals surface area contributed by atoms with Gasteiger partial charge in [-0.2, -0.15) is 0 Å². The molecule has 0 amide bonds. The second kappa shape index (κ2) is 3.93. The van der Waals surface area contributed by atoms with Crippen molar-refractivity contribution in [2.75, 3.05) is 0 Å². The van der Waals surface area contributed by atoms with Crippen molar-refractivity contribution < 1.29 is 4.42 Å². The Morgan fingerprint density at radius 1 is 1.21 bits per heavy atom. The van der Waals surface area contributed by atoms with E-state index in [1.165, 1.54) is 0 Å². The molecule has 0 unspecified atom stereocenters. The molecule has 0 spiro atoms. The minimum absolute atomic E-state index is 0.761. The third kappa shape index (κ3) is 1.74. The molecule has 3 heterocycles. The van der Waals surface area contributed by atoms with Crippen LogP contribution in [-0.2, 0) is 0 Å². The molecule has 0 aliphatic rings. The topological polar surface area (TPSA) is 43.3 Å². The highest BCUT2D eigenvalue weighted by Gasteiger charge is 2.10. The smallest absolute Gasteiger partial charge is 0.156 e. The van der Waals surface area contributed by atoms with E-state index in [2.05, 4.69) is 25.9 Å². The van der Waals surface area contributed by atoms with Gasteiger partial charge in [-0.1, -0.05) is 15.9 Å². The summed E-state index contributed by atoms with van der Waals surface area (Å²) in [7, 11) is 0. The Hall–Kier alpha value is -2.14. The Kier molecular flexibility index (Phi) is 2.22. The maximum Gasteiger partial charge on any atom is 0.156 e. The SMILES string of the molecule is Brc1ccc2oc(-c3cn4ccncc4n3)cc2c1. The van der Waals surface area contributed by atoms with Gasteiger partial charge in [-0.3, -0.25) is 4.98 Å². The van der Waals surface area contributed by atoms with Crippen LogP contribution < -0.4 is 0 Å². The number of hydrogen-bond donors (Lipinski definition) is 0. The molecule has 0 fully saturated rings. The van der Waals surface area contributed by atoms with Crippen molar-refractivity contribution in [3.05, 3.63) is 53.5 Å². The van der Waals surface area contributed by atoms with Crippen LogP contribution in [0.4, 0.5) is 0 Å². The lowest BCUT2D eigenvalue weighted by Gasteiger charge is -1.88. The minimum Gasteiger partial charge on any atom is -0.454 e. The summed E-state index contributed by atoms with van der Waals surface area (Å²) < 4.78 is 8.78. The number of furan rings is 1. The number of nitrogens with zero attached hydrogens (tertiary/aromatic N) is 3. The van der Waals surface area contributed by atoms with Crippen LogP contribution in [0.2, 0.25) is 0 Å². The number of aromatic nitrogens is 3. The number of rotatable bonds is 1. The summed E-state index contributed by atoms with van der Waals surface area (Å²) in [6.45, 7) is 0. The standard InChI is InChI=1S/C14H8BrN3O/c15-10-1-2-12-9(5-10)6-13(19-12)11-8-18-4-3-16-7-14(18)17-11/h1-8H. The Morgan fingerprint density at radius 3 is 3.05 bits per heavy atom. The highest BCUT2D eigenvalue weighted by atomic mass is 79.9. The van der Waals surface area contributed by atoms with Crippen molar-refractivity contribution >= 4 is 32.5 Å². The molecule has 0 atom stereocenters. The van der Waals surface area contributed by atoms with Gasteiger partial charge in [0.2, 0.25) is 0 Å². The zero-order valence-electron chi connectivity index (χ0n) is 9.75. The van der Waals surface area contributed by atoms with E-state index in [-0.39, 0.29) is 0 Å². The van der Waals surface area contributed by atoms with E-state index in [1.807, 2.05) is 41.1 Å². The predicted octanol–water partition coefficient (Wildman–Crippen LogP) is 3.91. The van der Waals surface area contributed by atoms with Crippen molar-refractivity contribution in [3.63, 3.8) is 0 Å². The zero-order chi connectivity index (χ0) is 12.8. The second-order valence-corrected chi connectivity index (χ2v) is 5.18. The van der Waals surface area contributed by atoms with Crippen LogP contribution in [-0.4, -0.2) is 14.4 Å². The van der Waals surface area contributed by atoms with E-state index in [1.54, 1.807) is 12.4 Å². The number of imidazole rings is 1. The zero-order valence-corrected chi connectivity index (χ0v) is 11.3. The van der Waals surface area contributed by atoms with Gasteiger partial charge in [0.15, 0.2) is 11.4 Å². The van der Waals surface area contributed by atoms with Crippen molar-refractivity contribution in [1.29, 1.82) is 0 Å². The van der Waals surface area contributed by atoms with Gasteiger partial charge < -0.3 is 8.82 Å². The Morgan fingerprint density at radius 2 is 2.16 bits per heavy atom. The minimum atomic E-state index is 0.761. The normalized spacial score (nSPS) is 11.4. The molecule has 19 heavy (non-hydrogen) atoms. The van der Waals surface area contributed by atoms with E-state index >= 15 is 0 Å².